The Morgan fingerprint density at radius 1 is 1.28 bits per heavy atom. The van der Waals surface area contributed by atoms with E-state index in [0.717, 1.165) is 16.3 Å². The van der Waals surface area contributed by atoms with Crippen LogP contribution < -0.4 is 0 Å². The van der Waals surface area contributed by atoms with Gasteiger partial charge < -0.3 is 4.74 Å². The van der Waals surface area contributed by atoms with Crippen molar-refractivity contribution in [2.24, 2.45) is 0 Å². The standard InChI is InChI=1S/C17H14F2O5S/c1-2-3-6-13-9-12(10-14-7-4-5-8-15(13)14)11-24-16(20)17(18,19)25(21,22)23/h2-10H,1,11H2,(H,21,22,23)/b6-3-. The fourth-order valence-electron chi connectivity index (χ4n) is 2.14. The van der Waals surface area contributed by atoms with Crippen LogP contribution in [0, 0.1) is 0 Å². The molecule has 2 rings (SSSR count). The van der Waals surface area contributed by atoms with Gasteiger partial charge in [0.15, 0.2) is 0 Å². The second-order valence-corrected chi connectivity index (χ2v) is 6.53. The summed E-state index contributed by atoms with van der Waals surface area (Å²) in [7, 11) is -5.89. The van der Waals surface area contributed by atoms with Crippen molar-refractivity contribution in [3.05, 3.63) is 66.3 Å². The third kappa shape index (κ3) is 4.09. The molecule has 0 aliphatic heterocycles. The van der Waals surface area contributed by atoms with Gasteiger partial charge in [-0.05, 0) is 34.0 Å². The quantitative estimate of drug-likeness (QED) is 0.479. The highest BCUT2D eigenvalue weighted by Crippen LogP contribution is 2.25. The Morgan fingerprint density at radius 2 is 1.96 bits per heavy atom. The molecule has 1 N–H and O–H groups in total. The minimum atomic E-state index is -5.89. The third-order valence-electron chi connectivity index (χ3n) is 3.30. The van der Waals surface area contributed by atoms with Crippen LogP contribution in [0.15, 0.2) is 55.1 Å². The second kappa shape index (κ2) is 7.12. The molecule has 0 unspecified atom stereocenters. The summed E-state index contributed by atoms with van der Waals surface area (Å²) in [4.78, 5) is 11.3. The minimum Gasteiger partial charge on any atom is -0.455 e. The highest BCUT2D eigenvalue weighted by molar-refractivity contribution is 7.87. The van der Waals surface area contributed by atoms with Gasteiger partial charge in [0.05, 0.1) is 0 Å². The number of rotatable bonds is 6. The van der Waals surface area contributed by atoms with Crippen LogP contribution in [0.25, 0.3) is 16.8 Å². The van der Waals surface area contributed by atoms with Crippen LogP contribution in [-0.4, -0.2) is 24.2 Å². The number of allylic oxidation sites excluding steroid dienone is 2. The zero-order chi connectivity index (χ0) is 18.7. The lowest BCUT2D eigenvalue weighted by molar-refractivity contribution is -0.162. The van der Waals surface area contributed by atoms with Crippen molar-refractivity contribution in [1.82, 2.24) is 0 Å². The van der Waals surface area contributed by atoms with E-state index in [2.05, 4.69) is 11.3 Å². The maximum absolute atomic E-state index is 13.2. The molecule has 132 valence electrons. The highest BCUT2D eigenvalue weighted by atomic mass is 32.2. The topological polar surface area (TPSA) is 80.7 Å². The lowest BCUT2D eigenvalue weighted by Gasteiger charge is -2.13. The van der Waals surface area contributed by atoms with Gasteiger partial charge in [0.25, 0.3) is 0 Å². The van der Waals surface area contributed by atoms with E-state index in [9.17, 15) is 22.0 Å². The van der Waals surface area contributed by atoms with E-state index in [-0.39, 0.29) is 0 Å². The van der Waals surface area contributed by atoms with Crippen LogP contribution in [0.5, 0.6) is 0 Å². The van der Waals surface area contributed by atoms with Gasteiger partial charge >= 0.3 is 21.3 Å². The Bertz CT molecular complexity index is 949. The predicted octanol–water partition coefficient (Wildman–Crippen LogP) is 3.56. The maximum Gasteiger partial charge on any atom is 0.465 e. The molecule has 0 atom stereocenters. The normalized spacial score (nSPS) is 12.4. The molecule has 0 amide bonds. The third-order valence-corrected chi connectivity index (χ3v) is 4.11. The zero-order valence-electron chi connectivity index (χ0n) is 12.9. The van der Waals surface area contributed by atoms with E-state index in [4.69, 9.17) is 4.55 Å². The predicted molar refractivity (Wildman–Crippen MR) is 89.5 cm³/mol. The number of halogens is 2. The van der Waals surface area contributed by atoms with Crippen LogP contribution in [0.2, 0.25) is 0 Å². The molecule has 0 fully saturated rings. The maximum atomic E-state index is 13.2. The molecule has 0 aromatic heterocycles. The molecule has 0 saturated carbocycles. The molecule has 8 heteroatoms. The number of carbonyl (C=O) groups is 1. The number of benzene rings is 2. The van der Waals surface area contributed by atoms with Gasteiger partial charge in [-0.1, -0.05) is 49.1 Å². The Balaban J connectivity index is 2.31. The number of alkyl halides is 2. The first-order valence-electron chi connectivity index (χ1n) is 6.99. The van der Waals surface area contributed by atoms with Gasteiger partial charge in [-0.15, -0.1) is 0 Å². The van der Waals surface area contributed by atoms with Crippen molar-refractivity contribution >= 4 is 32.9 Å². The van der Waals surface area contributed by atoms with Crippen molar-refractivity contribution in [3.63, 3.8) is 0 Å². The second-order valence-electron chi connectivity index (χ2n) is 5.07. The van der Waals surface area contributed by atoms with E-state index in [1.807, 2.05) is 12.1 Å². The lowest BCUT2D eigenvalue weighted by Crippen LogP contribution is -2.38. The summed E-state index contributed by atoms with van der Waals surface area (Å²) in [6.07, 6.45) is 4.99. The average molecular weight is 368 g/mol. The van der Waals surface area contributed by atoms with Crippen molar-refractivity contribution in [2.45, 2.75) is 11.9 Å². The number of hydrogen-bond acceptors (Lipinski definition) is 4. The molecule has 5 nitrogen and oxygen atoms in total. The number of esters is 1. The van der Waals surface area contributed by atoms with Gasteiger partial charge in [-0.25, -0.2) is 4.79 Å². The van der Waals surface area contributed by atoms with E-state index in [1.165, 1.54) is 0 Å². The summed E-state index contributed by atoms with van der Waals surface area (Å²) in [6, 6.07) is 10.5. The van der Waals surface area contributed by atoms with Crippen molar-refractivity contribution < 1.29 is 31.3 Å². The largest absolute Gasteiger partial charge is 0.465 e. The van der Waals surface area contributed by atoms with Crippen LogP contribution in [-0.2, 0) is 26.3 Å². The van der Waals surface area contributed by atoms with Gasteiger partial charge in [0.2, 0.25) is 0 Å². The molecule has 0 radical (unpaired) electrons. The Kier molecular flexibility index (Phi) is 5.34. The first-order valence-corrected chi connectivity index (χ1v) is 8.43. The monoisotopic (exact) mass is 368 g/mol. The minimum absolute atomic E-state index is 0.377. The van der Waals surface area contributed by atoms with E-state index in [1.54, 1.807) is 42.5 Å². The molecule has 25 heavy (non-hydrogen) atoms. The molecule has 0 bridgehead atoms. The Labute approximate surface area is 143 Å². The average Bonchev–Trinajstić information content (AvgIpc) is 2.56. The number of fused-ring (bicyclic) bond motifs is 1. The summed E-state index contributed by atoms with van der Waals surface area (Å²) in [6.45, 7) is 2.99. The molecule has 0 spiro atoms. The smallest absolute Gasteiger partial charge is 0.455 e. The first-order chi connectivity index (χ1) is 11.7. The number of carbonyl (C=O) groups excluding carboxylic acids is 1. The molecule has 0 aliphatic rings. The summed E-state index contributed by atoms with van der Waals surface area (Å²) >= 11 is 0. The fourth-order valence-corrected chi connectivity index (χ4v) is 2.41. The number of hydrogen-bond donors (Lipinski definition) is 1. The molecule has 2 aromatic rings. The molecule has 0 aliphatic carbocycles. The SMILES string of the molecule is C=C/C=C\c1cc(COC(=O)C(F)(F)S(=O)(=O)O)cc2ccccc12. The van der Waals surface area contributed by atoms with Crippen LogP contribution in [0.1, 0.15) is 11.1 Å². The molecule has 2 aromatic carbocycles. The van der Waals surface area contributed by atoms with Crippen molar-refractivity contribution in [1.29, 1.82) is 0 Å². The van der Waals surface area contributed by atoms with Gasteiger partial charge in [0.1, 0.15) is 6.61 Å². The van der Waals surface area contributed by atoms with E-state index >= 15 is 0 Å². The number of ether oxygens (including phenoxy) is 1. The van der Waals surface area contributed by atoms with Gasteiger partial charge in [-0.2, -0.15) is 17.2 Å². The van der Waals surface area contributed by atoms with E-state index in [0.29, 0.717) is 5.56 Å². The van der Waals surface area contributed by atoms with Crippen LogP contribution in [0.4, 0.5) is 8.78 Å². The zero-order valence-corrected chi connectivity index (χ0v) is 13.7. The van der Waals surface area contributed by atoms with Crippen LogP contribution >= 0.6 is 0 Å². The Hall–Kier alpha value is -2.58. The van der Waals surface area contributed by atoms with Crippen LogP contribution in [0.3, 0.4) is 0 Å². The first kappa shape index (κ1) is 18.8. The molecular weight excluding hydrogens is 354 g/mol. The lowest BCUT2D eigenvalue weighted by atomic mass is 10.0. The van der Waals surface area contributed by atoms with Crippen molar-refractivity contribution in [2.75, 3.05) is 0 Å². The summed E-state index contributed by atoms with van der Waals surface area (Å²) in [5.74, 6) is -2.34. The Morgan fingerprint density at radius 3 is 2.60 bits per heavy atom. The summed E-state index contributed by atoms with van der Waals surface area (Å²) in [5, 5.41) is -3.35. The molecular formula is C17H14F2O5S. The fraction of sp³-hybridized carbons (Fsp3) is 0.118. The highest BCUT2D eigenvalue weighted by Gasteiger charge is 2.54. The van der Waals surface area contributed by atoms with Gasteiger partial charge in [-0.3, -0.25) is 4.55 Å². The van der Waals surface area contributed by atoms with E-state index < -0.39 is 27.9 Å². The summed E-state index contributed by atoms with van der Waals surface area (Å²) < 4.78 is 60.2. The van der Waals surface area contributed by atoms with Crippen molar-refractivity contribution in [3.8, 4) is 0 Å². The molecule has 0 heterocycles. The van der Waals surface area contributed by atoms with Gasteiger partial charge in [0, 0.05) is 0 Å². The molecule has 0 saturated heterocycles. The summed E-state index contributed by atoms with van der Waals surface area (Å²) in [5.41, 5.74) is 1.12.